The number of likely N-dealkylation sites (tertiary alicyclic amines) is 1. The van der Waals surface area contributed by atoms with Gasteiger partial charge in [-0.1, -0.05) is 0 Å². The minimum Gasteiger partial charge on any atom is -0.391 e. The molecule has 0 saturated carbocycles. The van der Waals surface area contributed by atoms with Gasteiger partial charge in [-0.3, -0.25) is 9.69 Å². The molecular formula is C19H27N5O3S. The van der Waals surface area contributed by atoms with Crippen LogP contribution < -0.4 is 5.32 Å². The molecule has 1 atom stereocenters. The Morgan fingerprint density at radius 3 is 2.96 bits per heavy atom. The van der Waals surface area contributed by atoms with Gasteiger partial charge in [0.25, 0.3) is 5.91 Å². The number of aromatic nitrogens is 2. The van der Waals surface area contributed by atoms with Crippen molar-refractivity contribution in [2.75, 3.05) is 57.8 Å². The summed E-state index contributed by atoms with van der Waals surface area (Å²) in [6, 6.07) is 0. The largest absolute Gasteiger partial charge is 0.391 e. The number of aryl methyl sites for hydroxylation is 1. The molecule has 4 rings (SSSR count). The van der Waals surface area contributed by atoms with Crippen LogP contribution >= 0.6 is 11.3 Å². The monoisotopic (exact) mass is 405 g/mol. The normalized spacial score (nSPS) is 21.2. The Morgan fingerprint density at radius 2 is 2.18 bits per heavy atom. The Labute approximate surface area is 168 Å². The summed E-state index contributed by atoms with van der Waals surface area (Å²) in [5.41, 5.74) is 0.916. The fraction of sp³-hybridized carbons (Fsp3) is 0.632. The van der Waals surface area contributed by atoms with Crippen molar-refractivity contribution in [2.24, 2.45) is 0 Å². The number of hydrogen-bond donors (Lipinski definition) is 2. The minimum atomic E-state index is -0.426. The zero-order chi connectivity index (χ0) is 19.5. The fourth-order valence-corrected chi connectivity index (χ4v) is 4.97. The average Bonchev–Trinajstić information content (AvgIpc) is 3.06. The van der Waals surface area contributed by atoms with Crippen molar-refractivity contribution in [1.82, 2.24) is 19.8 Å². The number of carbonyl (C=O) groups is 1. The van der Waals surface area contributed by atoms with Gasteiger partial charge in [0, 0.05) is 39.3 Å². The first-order valence-electron chi connectivity index (χ1n) is 9.89. The van der Waals surface area contributed by atoms with E-state index < -0.39 is 6.10 Å². The van der Waals surface area contributed by atoms with Crippen molar-refractivity contribution in [2.45, 2.75) is 25.9 Å². The molecule has 8 nitrogen and oxygen atoms in total. The van der Waals surface area contributed by atoms with Gasteiger partial charge in [0.05, 0.1) is 29.6 Å². The van der Waals surface area contributed by atoms with Gasteiger partial charge in [-0.15, -0.1) is 11.3 Å². The molecule has 2 fully saturated rings. The Morgan fingerprint density at radius 1 is 1.36 bits per heavy atom. The highest BCUT2D eigenvalue weighted by atomic mass is 32.1. The molecular weight excluding hydrogens is 378 g/mol. The summed E-state index contributed by atoms with van der Waals surface area (Å²) in [5, 5.41) is 14.2. The number of piperidine rings is 1. The van der Waals surface area contributed by atoms with Crippen LogP contribution in [0.2, 0.25) is 0 Å². The molecule has 152 valence electrons. The number of thiophene rings is 1. The number of aliphatic hydroxyl groups is 1. The summed E-state index contributed by atoms with van der Waals surface area (Å²) in [6.45, 7) is 8.26. The number of carbonyl (C=O) groups excluding carboxylic acids is 1. The van der Waals surface area contributed by atoms with Crippen LogP contribution in [0.3, 0.4) is 0 Å². The van der Waals surface area contributed by atoms with Gasteiger partial charge in [0.15, 0.2) is 0 Å². The molecule has 2 aliphatic heterocycles. The lowest BCUT2D eigenvalue weighted by molar-refractivity contribution is 0.0398. The van der Waals surface area contributed by atoms with Crippen molar-refractivity contribution in [1.29, 1.82) is 0 Å². The van der Waals surface area contributed by atoms with Crippen molar-refractivity contribution < 1.29 is 14.6 Å². The Hall–Kier alpha value is -1.81. The van der Waals surface area contributed by atoms with Gasteiger partial charge < -0.3 is 20.1 Å². The smallest absolute Gasteiger partial charge is 0.264 e. The van der Waals surface area contributed by atoms with Crippen molar-refractivity contribution in [3.63, 3.8) is 0 Å². The number of hydrogen-bond acceptors (Lipinski definition) is 8. The second-order valence-corrected chi connectivity index (χ2v) is 8.39. The maximum absolute atomic E-state index is 13.0. The minimum absolute atomic E-state index is 0.0153. The second kappa shape index (κ2) is 8.69. The van der Waals surface area contributed by atoms with E-state index in [-0.39, 0.29) is 5.91 Å². The lowest BCUT2D eigenvalue weighted by atomic mass is 10.1. The summed E-state index contributed by atoms with van der Waals surface area (Å²) >= 11 is 1.41. The first kappa shape index (κ1) is 19.5. The molecule has 2 saturated heterocycles. The summed E-state index contributed by atoms with van der Waals surface area (Å²) in [4.78, 5) is 27.5. The van der Waals surface area contributed by atoms with E-state index in [1.807, 2.05) is 6.92 Å². The lowest BCUT2D eigenvalue weighted by Gasteiger charge is -2.29. The lowest BCUT2D eigenvalue weighted by Crippen LogP contribution is -2.42. The number of anilines is 1. The van der Waals surface area contributed by atoms with Crippen molar-refractivity contribution >= 4 is 33.3 Å². The first-order valence-corrected chi connectivity index (χ1v) is 10.7. The van der Waals surface area contributed by atoms with Gasteiger partial charge in [0.2, 0.25) is 0 Å². The summed E-state index contributed by atoms with van der Waals surface area (Å²) in [5.74, 6) is 0.767. The van der Waals surface area contributed by atoms with Gasteiger partial charge in [-0.05, 0) is 25.3 Å². The topological polar surface area (TPSA) is 90.8 Å². The van der Waals surface area contributed by atoms with E-state index in [1.165, 1.54) is 11.3 Å². The predicted molar refractivity (Wildman–Crippen MR) is 109 cm³/mol. The molecule has 0 spiro atoms. The van der Waals surface area contributed by atoms with Gasteiger partial charge in [-0.2, -0.15) is 0 Å². The van der Waals surface area contributed by atoms with Gasteiger partial charge in [-0.25, -0.2) is 9.97 Å². The van der Waals surface area contributed by atoms with Gasteiger partial charge in [0.1, 0.15) is 17.0 Å². The highest BCUT2D eigenvalue weighted by Gasteiger charge is 2.27. The third-order valence-electron chi connectivity index (χ3n) is 5.43. The highest BCUT2D eigenvalue weighted by molar-refractivity contribution is 7.20. The van der Waals surface area contributed by atoms with Crippen molar-refractivity contribution in [3.05, 3.63) is 16.8 Å². The number of nitrogens with one attached hydrogen (secondary N) is 1. The number of morpholine rings is 1. The quantitative estimate of drug-likeness (QED) is 0.776. The SMILES string of the molecule is Cc1c(C(=O)N2CCC[C@@H](O)C2)sc2ncnc(NCCN3CCOCC3)c12. The van der Waals surface area contributed by atoms with Crippen LogP contribution in [0.5, 0.6) is 0 Å². The maximum Gasteiger partial charge on any atom is 0.264 e. The number of amides is 1. The summed E-state index contributed by atoms with van der Waals surface area (Å²) in [6.07, 6.45) is 2.72. The van der Waals surface area contributed by atoms with Crippen LogP contribution in [0.1, 0.15) is 28.1 Å². The first-order chi connectivity index (χ1) is 13.6. The van der Waals surface area contributed by atoms with E-state index >= 15 is 0 Å². The summed E-state index contributed by atoms with van der Waals surface area (Å²) in [7, 11) is 0. The number of β-amino-alcohol motifs (C(OH)–C–C–N with tert-alkyl or cyclic N) is 1. The maximum atomic E-state index is 13.0. The van der Waals surface area contributed by atoms with E-state index in [0.717, 1.165) is 73.8 Å². The number of fused-ring (bicyclic) bond motifs is 1. The van der Waals surface area contributed by atoms with Crippen molar-refractivity contribution in [3.8, 4) is 0 Å². The zero-order valence-corrected chi connectivity index (χ0v) is 17.0. The van der Waals surface area contributed by atoms with Crippen LogP contribution in [0, 0.1) is 6.92 Å². The Bertz CT molecular complexity index is 836. The zero-order valence-electron chi connectivity index (χ0n) is 16.2. The number of rotatable bonds is 5. The molecule has 0 unspecified atom stereocenters. The molecule has 1 amide bonds. The van der Waals surface area contributed by atoms with E-state index in [2.05, 4.69) is 20.2 Å². The van der Waals surface area contributed by atoms with Crippen LogP contribution in [0.15, 0.2) is 6.33 Å². The number of ether oxygens (including phenoxy) is 1. The van der Waals surface area contributed by atoms with Crippen LogP contribution in [-0.2, 0) is 4.74 Å². The third kappa shape index (κ3) is 4.12. The van der Waals surface area contributed by atoms with Gasteiger partial charge >= 0.3 is 0 Å². The van der Waals surface area contributed by atoms with E-state index in [1.54, 1.807) is 11.2 Å². The molecule has 9 heteroatoms. The van der Waals surface area contributed by atoms with Crippen LogP contribution in [-0.4, -0.2) is 89.4 Å². The van der Waals surface area contributed by atoms with E-state index in [0.29, 0.717) is 18.0 Å². The molecule has 2 N–H and O–H groups in total. The molecule has 28 heavy (non-hydrogen) atoms. The molecule has 0 bridgehead atoms. The molecule has 2 aromatic heterocycles. The van der Waals surface area contributed by atoms with Crippen LogP contribution in [0.4, 0.5) is 5.82 Å². The molecule has 0 aliphatic carbocycles. The molecule has 2 aliphatic rings. The second-order valence-electron chi connectivity index (χ2n) is 7.39. The van der Waals surface area contributed by atoms with E-state index in [4.69, 9.17) is 4.74 Å². The molecule has 0 aromatic carbocycles. The third-order valence-corrected chi connectivity index (χ3v) is 6.62. The molecule has 0 radical (unpaired) electrons. The molecule has 2 aromatic rings. The predicted octanol–water partition coefficient (Wildman–Crippen LogP) is 1.34. The van der Waals surface area contributed by atoms with E-state index in [9.17, 15) is 9.90 Å². The Balaban J connectivity index is 1.50. The number of aliphatic hydroxyl groups excluding tert-OH is 1. The number of nitrogens with zero attached hydrogens (tertiary/aromatic N) is 4. The molecule has 4 heterocycles. The Kier molecular flexibility index (Phi) is 6.05. The highest BCUT2D eigenvalue weighted by Crippen LogP contribution is 2.34. The summed E-state index contributed by atoms with van der Waals surface area (Å²) < 4.78 is 5.39. The average molecular weight is 406 g/mol. The van der Waals surface area contributed by atoms with Crippen LogP contribution in [0.25, 0.3) is 10.2 Å². The fourth-order valence-electron chi connectivity index (χ4n) is 3.85. The standard InChI is InChI=1S/C19H27N5O3S/c1-13-15-17(20-4-6-23-7-9-27-10-8-23)21-12-22-18(15)28-16(13)19(26)24-5-2-3-14(25)11-24/h12,14,25H,2-11H2,1H3,(H,20,21,22)/t14-/m1/s1.